The number of nitrogens with zero attached hydrogens (tertiary/aromatic N) is 1. The minimum atomic E-state index is -0.503. The molecule has 0 unspecified atom stereocenters. The summed E-state index contributed by atoms with van der Waals surface area (Å²) in [5.74, 6) is -0.157. The van der Waals surface area contributed by atoms with Crippen molar-refractivity contribution >= 4 is 38.9 Å². The fraction of sp³-hybridized carbons (Fsp3) is 0.333. The highest BCUT2D eigenvalue weighted by Crippen LogP contribution is 2.47. The lowest BCUT2D eigenvalue weighted by Gasteiger charge is -2.24. The number of hydrogen-bond acceptors (Lipinski definition) is 4. The Kier molecular flexibility index (Phi) is 5.79. The van der Waals surface area contributed by atoms with Crippen LogP contribution in [0.4, 0.5) is 15.8 Å². The number of aliphatic hydroxyl groups is 1. The zero-order valence-corrected chi connectivity index (χ0v) is 16.1. The van der Waals surface area contributed by atoms with Crippen molar-refractivity contribution in [1.82, 2.24) is 0 Å². The maximum absolute atomic E-state index is 14.5. The van der Waals surface area contributed by atoms with Crippen LogP contribution in [0.3, 0.4) is 0 Å². The number of halogens is 3. The second-order valence-electron chi connectivity index (χ2n) is 6.26. The normalized spacial score (nSPS) is 14.9. The zero-order valence-electron chi connectivity index (χ0n) is 13.7. The first-order valence-electron chi connectivity index (χ1n) is 8.21. The third-order valence-electron chi connectivity index (χ3n) is 4.42. The van der Waals surface area contributed by atoms with E-state index in [4.69, 9.17) is 11.6 Å². The second kappa shape index (κ2) is 7.90. The van der Waals surface area contributed by atoms with Gasteiger partial charge in [0.25, 0.3) is 5.69 Å². The van der Waals surface area contributed by atoms with Crippen molar-refractivity contribution < 1.29 is 14.4 Å². The third-order valence-corrected chi connectivity index (χ3v) is 5.34. The molecule has 0 spiro atoms. The van der Waals surface area contributed by atoms with E-state index in [0.29, 0.717) is 20.6 Å². The number of hydrogen-bond donors (Lipinski definition) is 2. The van der Waals surface area contributed by atoms with Crippen molar-refractivity contribution in [1.29, 1.82) is 0 Å². The van der Waals surface area contributed by atoms with Crippen LogP contribution in [0, 0.1) is 15.9 Å². The molecule has 8 heteroatoms. The summed E-state index contributed by atoms with van der Waals surface area (Å²) >= 11 is 9.47. The lowest BCUT2D eigenvalue weighted by atomic mass is 9.94. The average Bonchev–Trinajstić information content (AvgIpc) is 3.41. The summed E-state index contributed by atoms with van der Waals surface area (Å²) < 4.78 is 15.2. The van der Waals surface area contributed by atoms with Crippen LogP contribution >= 0.6 is 27.5 Å². The first-order chi connectivity index (χ1) is 12.4. The van der Waals surface area contributed by atoms with Crippen molar-refractivity contribution in [3.63, 3.8) is 0 Å². The molecule has 5 nitrogen and oxygen atoms in total. The average molecular weight is 444 g/mol. The Morgan fingerprint density at radius 1 is 1.38 bits per heavy atom. The van der Waals surface area contributed by atoms with E-state index in [0.717, 1.165) is 12.8 Å². The number of anilines is 1. The molecular formula is C18H17BrClFN2O3. The first-order valence-corrected chi connectivity index (χ1v) is 9.38. The maximum atomic E-state index is 14.5. The predicted octanol–water partition coefficient (Wildman–Crippen LogP) is 5.56. The van der Waals surface area contributed by atoms with E-state index >= 15 is 0 Å². The Balaban J connectivity index is 2.06. The lowest BCUT2D eigenvalue weighted by Crippen LogP contribution is -2.17. The van der Waals surface area contributed by atoms with Crippen molar-refractivity contribution in [2.45, 2.75) is 31.2 Å². The summed E-state index contributed by atoms with van der Waals surface area (Å²) in [6, 6.07) is 6.77. The molecule has 26 heavy (non-hydrogen) atoms. The predicted molar refractivity (Wildman–Crippen MR) is 102 cm³/mol. The zero-order chi connectivity index (χ0) is 18.8. The highest BCUT2D eigenvalue weighted by molar-refractivity contribution is 9.10. The number of nitro groups is 1. The fourth-order valence-electron chi connectivity index (χ4n) is 3.11. The Morgan fingerprint density at radius 3 is 2.73 bits per heavy atom. The van der Waals surface area contributed by atoms with Gasteiger partial charge in [0.2, 0.25) is 0 Å². The molecule has 1 aliphatic rings. The molecule has 1 atom stereocenters. The van der Waals surface area contributed by atoms with E-state index in [1.54, 1.807) is 6.07 Å². The van der Waals surface area contributed by atoms with E-state index < -0.39 is 11.0 Å². The fourth-order valence-corrected chi connectivity index (χ4v) is 3.91. The molecule has 138 valence electrons. The van der Waals surface area contributed by atoms with Gasteiger partial charge < -0.3 is 10.4 Å². The van der Waals surface area contributed by atoms with Crippen molar-refractivity contribution in [2.24, 2.45) is 0 Å². The Morgan fingerprint density at radius 2 is 2.12 bits per heavy atom. The molecule has 0 saturated heterocycles. The molecule has 0 bridgehead atoms. The molecule has 2 N–H and O–H groups in total. The largest absolute Gasteiger partial charge is 0.396 e. The van der Waals surface area contributed by atoms with E-state index in [1.807, 2.05) is 0 Å². The van der Waals surface area contributed by atoms with Gasteiger partial charge in [-0.1, -0.05) is 27.5 Å². The summed E-state index contributed by atoms with van der Waals surface area (Å²) in [5, 5.41) is 24.3. The van der Waals surface area contributed by atoms with Gasteiger partial charge in [-0.2, -0.15) is 0 Å². The van der Waals surface area contributed by atoms with Crippen LogP contribution in [0.5, 0.6) is 0 Å². The Bertz CT molecular complexity index is 845. The van der Waals surface area contributed by atoms with Crippen LogP contribution < -0.4 is 5.32 Å². The van der Waals surface area contributed by atoms with Gasteiger partial charge >= 0.3 is 0 Å². The van der Waals surface area contributed by atoms with Gasteiger partial charge in [-0.05, 0) is 60.6 Å². The second-order valence-corrected chi connectivity index (χ2v) is 7.55. The van der Waals surface area contributed by atoms with Gasteiger partial charge in [-0.15, -0.1) is 0 Å². The lowest BCUT2D eigenvalue weighted by molar-refractivity contribution is -0.384. The minimum absolute atomic E-state index is 0.127. The van der Waals surface area contributed by atoms with Crippen LogP contribution in [0.2, 0.25) is 5.02 Å². The number of nitro benzene ring substituents is 1. The topological polar surface area (TPSA) is 75.4 Å². The van der Waals surface area contributed by atoms with Gasteiger partial charge in [0, 0.05) is 22.2 Å². The molecule has 0 aliphatic heterocycles. The van der Waals surface area contributed by atoms with E-state index in [2.05, 4.69) is 21.2 Å². The van der Waals surface area contributed by atoms with Gasteiger partial charge in [0.1, 0.15) is 11.5 Å². The molecule has 1 aliphatic carbocycles. The van der Waals surface area contributed by atoms with E-state index in [9.17, 15) is 19.6 Å². The summed E-state index contributed by atoms with van der Waals surface area (Å²) in [6.45, 7) is -0.154. The quantitative estimate of drug-likeness (QED) is 0.434. The van der Waals surface area contributed by atoms with E-state index in [-0.39, 0.29) is 36.1 Å². The first kappa shape index (κ1) is 19.1. The third kappa shape index (κ3) is 4.00. The molecular weight excluding hydrogens is 427 g/mol. The Labute approximate surface area is 163 Å². The molecule has 1 fully saturated rings. The molecule has 2 aromatic carbocycles. The highest BCUT2D eigenvalue weighted by Gasteiger charge is 2.33. The highest BCUT2D eigenvalue weighted by atomic mass is 79.9. The van der Waals surface area contributed by atoms with Gasteiger partial charge in [-0.3, -0.25) is 10.1 Å². The minimum Gasteiger partial charge on any atom is -0.396 e. The molecule has 1 saturated carbocycles. The molecule has 3 rings (SSSR count). The van der Waals surface area contributed by atoms with Crippen molar-refractivity contribution in [3.8, 4) is 0 Å². The van der Waals surface area contributed by atoms with Gasteiger partial charge in [-0.25, -0.2) is 4.39 Å². The molecule has 0 aromatic heterocycles. The summed E-state index contributed by atoms with van der Waals surface area (Å²) in [4.78, 5) is 10.8. The number of aliphatic hydroxyl groups excluding tert-OH is 1. The Hall–Kier alpha value is -1.70. The number of benzene rings is 2. The van der Waals surface area contributed by atoms with Gasteiger partial charge in [0.15, 0.2) is 0 Å². The molecule has 0 heterocycles. The SMILES string of the molecule is O=[N+]([O-])c1ccc(Cl)cc1N[C@H](CCO)c1c(Br)ccc(F)c1C1CC1. The van der Waals surface area contributed by atoms with Crippen LogP contribution in [-0.2, 0) is 0 Å². The molecule has 0 amide bonds. The van der Waals surface area contributed by atoms with Crippen LogP contribution in [0.1, 0.15) is 42.3 Å². The maximum Gasteiger partial charge on any atom is 0.292 e. The van der Waals surface area contributed by atoms with Gasteiger partial charge in [0.05, 0.1) is 11.0 Å². The summed E-state index contributed by atoms with van der Waals surface area (Å²) in [5.41, 5.74) is 1.41. The van der Waals surface area contributed by atoms with Crippen LogP contribution in [0.15, 0.2) is 34.8 Å². The molecule has 2 aromatic rings. The van der Waals surface area contributed by atoms with Crippen LogP contribution in [0.25, 0.3) is 0 Å². The summed E-state index contributed by atoms with van der Waals surface area (Å²) in [6.07, 6.45) is 2.08. The monoisotopic (exact) mass is 442 g/mol. The summed E-state index contributed by atoms with van der Waals surface area (Å²) in [7, 11) is 0. The van der Waals surface area contributed by atoms with Crippen molar-refractivity contribution in [3.05, 3.63) is 66.9 Å². The smallest absolute Gasteiger partial charge is 0.292 e. The van der Waals surface area contributed by atoms with E-state index in [1.165, 1.54) is 24.3 Å². The standard InChI is InChI=1S/C18H17BrClFN2O3/c19-12-4-5-13(21)17(10-1-2-10)18(12)14(7-8-24)22-15-9-11(20)3-6-16(15)23(25)26/h3-6,9-10,14,22,24H,1-2,7-8H2/t14-/m1/s1. The van der Waals surface area contributed by atoms with Crippen molar-refractivity contribution in [2.75, 3.05) is 11.9 Å². The number of nitrogens with one attached hydrogen (secondary N) is 1. The number of rotatable bonds is 7. The molecule has 0 radical (unpaired) electrons. The van der Waals surface area contributed by atoms with Crippen LogP contribution in [-0.4, -0.2) is 16.6 Å².